The molecule has 0 amide bonds. The third kappa shape index (κ3) is 4.61. The monoisotopic (exact) mass is 422 g/mol. The zero-order chi connectivity index (χ0) is 19.6. The largest absolute Gasteiger partial charge is 0.399 e. The molecule has 0 aliphatic rings. The minimum Gasteiger partial charge on any atom is -0.207 e. The van der Waals surface area contributed by atoms with Crippen LogP contribution in [0.25, 0.3) is 11.9 Å². The Balaban J connectivity index is 2.53. The van der Waals surface area contributed by atoms with Crippen LogP contribution in [-0.2, 0) is 0 Å². The lowest BCUT2D eigenvalue weighted by Gasteiger charge is -2.19. The van der Waals surface area contributed by atoms with Gasteiger partial charge in [0, 0.05) is 5.56 Å². The molecule has 0 saturated carbocycles. The number of hydrogen-bond donors (Lipinski definition) is 0. The van der Waals surface area contributed by atoms with Crippen LogP contribution < -0.4 is 0 Å². The van der Waals surface area contributed by atoms with E-state index in [-0.39, 0.29) is 26.2 Å². The van der Waals surface area contributed by atoms with Gasteiger partial charge >= 0.3 is 6.18 Å². The van der Waals surface area contributed by atoms with Gasteiger partial charge in [0.05, 0.1) is 15.1 Å². The van der Waals surface area contributed by atoms with Crippen molar-refractivity contribution in [1.29, 1.82) is 0 Å². The van der Waals surface area contributed by atoms with Gasteiger partial charge in [-0.15, -0.1) is 0 Å². The highest BCUT2D eigenvalue weighted by Gasteiger charge is 2.40. The Morgan fingerprint density at radius 1 is 1.08 bits per heavy atom. The van der Waals surface area contributed by atoms with Gasteiger partial charge in [0.2, 0.25) is 0 Å². The van der Waals surface area contributed by atoms with E-state index in [2.05, 4.69) is 6.58 Å². The molecule has 0 nitrogen and oxygen atoms in total. The van der Waals surface area contributed by atoms with Crippen molar-refractivity contribution in [2.75, 3.05) is 0 Å². The van der Waals surface area contributed by atoms with Crippen molar-refractivity contribution in [3.05, 3.63) is 80.3 Å². The molecule has 1 unspecified atom stereocenters. The minimum absolute atomic E-state index is 0.0357. The lowest BCUT2D eigenvalue weighted by Crippen LogP contribution is -2.19. The Hall–Kier alpha value is -1.49. The molecule has 0 saturated heterocycles. The molecule has 0 N–H and O–H groups in total. The van der Waals surface area contributed by atoms with Crippen molar-refractivity contribution in [1.82, 2.24) is 0 Å². The second-order valence-electron chi connectivity index (χ2n) is 5.61. The molecule has 0 spiro atoms. The van der Waals surface area contributed by atoms with Gasteiger partial charge in [-0.3, -0.25) is 0 Å². The predicted octanol–water partition coefficient (Wildman–Crippen LogP) is 8.25. The van der Waals surface area contributed by atoms with Crippen LogP contribution in [0.1, 0.15) is 28.2 Å². The van der Waals surface area contributed by atoms with E-state index in [0.29, 0.717) is 11.6 Å². The van der Waals surface area contributed by atoms with Crippen molar-refractivity contribution < 1.29 is 17.6 Å². The molecule has 2 rings (SSSR count). The molecule has 138 valence electrons. The maximum absolute atomic E-state index is 14.5. The minimum atomic E-state index is -4.74. The zero-order valence-electron chi connectivity index (χ0n) is 13.5. The smallest absolute Gasteiger partial charge is 0.207 e. The Morgan fingerprint density at radius 2 is 1.65 bits per heavy atom. The van der Waals surface area contributed by atoms with Gasteiger partial charge in [0.1, 0.15) is 11.7 Å². The van der Waals surface area contributed by atoms with Crippen molar-refractivity contribution in [3.8, 4) is 0 Å². The summed E-state index contributed by atoms with van der Waals surface area (Å²) in [6.07, 6.45) is -2.66. The van der Waals surface area contributed by atoms with E-state index in [1.54, 1.807) is 19.1 Å². The molecule has 26 heavy (non-hydrogen) atoms. The number of alkyl halides is 3. The molecule has 2 aromatic rings. The summed E-state index contributed by atoms with van der Waals surface area (Å²) in [6, 6.07) is 6.50. The second kappa shape index (κ2) is 8.03. The fourth-order valence-corrected chi connectivity index (χ4v) is 3.04. The third-order valence-electron chi connectivity index (χ3n) is 3.80. The van der Waals surface area contributed by atoms with Gasteiger partial charge in [0.15, 0.2) is 0 Å². The van der Waals surface area contributed by atoms with Crippen LogP contribution >= 0.6 is 34.8 Å². The van der Waals surface area contributed by atoms with E-state index < -0.39 is 17.9 Å². The number of allylic oxidation sites excluding steroid dienone is 1. The lowest BCUT2D eigenvalue weighted by atomic mass is 9.96. The molecule has 7 heteroatoms. The Labute approximate surface area is 163 Å². The van der Waals surface area contributed by atoms with E-state index in [1.165, 1.54) is 12.1 Å². The normalized spacial score (nSPS) is 13.6. The van der Waals surface area contributed by atoms with Crippen molar-refractivity contribution in [2.24, 2.45) is 0 Å². The number of hydrogen-bond acceptors (Lipinski definition) is 0. The summed E-state index contributed by atoms with van der Waals surface area (Å²) in [7, 11) is 0. The summed E-state index contributed by atoms with van der Waals surface area (Å²) in [5.74, 6) is -3.23. The Kier molecular flexibility index (Phi) is 6.43. The van der Waals surface area contributed by atoms with Crippen LogP contribution in [0.15, 0.2) is 43.0 Å². The van der Waals surface area contributed by atoms with Crippen LogP contribution in [-0.4, -0.2) is 6.18 Å². The van der Waals surface area contributed by atoms with Crippen molar-refractivity contribution in [2.45, 2.75) is 19.0 Å². The topological polar surface area (TPSA) is 0 Å². The molecular formula is C19H13Cl3F4. The first-order valence-electron chi connectivity index (χ1n) is 7.36. The number of aryl methyl sites for hydroxylation is 1. The maximum Gasteiger partial charge on any atom is 0.399 e. The summed E-state index contributed by atoms with van der Waals surface area (Å²) < 4.78 is 55.0. The lowest BCUT2D eigenvalue weighted by molar-refractivity contribution is -0.139. The predicted molar refractivity (Wildman–Crippen MR) is 101 cm³/mol. The summed E-state index contributed by atoms with van der Waals surface area (Å²) in [5.41, 5.74) is 1.20. The van der Waals surface area contributed by atoms with Crippen LogP contribution in [0.3, 0.4) is 0 Å². The molecule has 0 aliphatic carbocycles. The Bertz CT molecular complexity index is 847. The van der Waals surface area contributed by atoms with Gasteiger partial charge in [0.25, 0.3) is 0 Å². The SMILES string of the molecule is C=Cc1ccc(/C(F)=C/C(c2cc(Cl)c(Cl)c(Cl)c2)C(F)(F)F)cc1C. The fourth-order valence-electron chi connectivity index (χ4n) is 2.43. The molecule has 2 aromatic carbocycles. The second-order valence-corrected chi connectivity index (χ2v) is 6.80. The van der Waals surface area contributed by atoms with E-state index in [1.807, 2.05) is 0 Å². The molecule has 0 aromatic heterocycles. The van der Waals surface area contributed by atoms with Crippen molar-refractivity contribution >= 4 is 46.7 Å². The Morgan fingerprint density at radius 3 is 2.12 bits per heavy atom. The van der Waals surface area contributed by atoms with E-state index >= 15 is 0 Å². The zero-order valence-corrected chi connectivity index (χ0v) is 15.7. The average Bonchev–Trinajstić information content (AvgIpc) is 2.55. The first-order chi connectivity index (χ1) is 12.0. The molecule has 0 fully saturated rings. The van der Waals surface area contributed by atoms with Gasteiger partial charge in [-0.05, 0) is 47.9 Å². The summed E-state index contributed by atoms with van der Waals surface area (Å²) in [4.78, 5) is 0. The summed E-state index contributed by atoms with van der Waals surface area (Å²) >= 11 is 17.4. The van der Waals surface area contributed by atoms with E-state index in [4.69, 9.17) is 34.8 Å². The van der Waals surface area contributed by atoms with Gasteiger partial charge in [-0.2, -0.15) is 13.2 Å². The van der Waals surface area contributed by atoms with Gasteiger partial charge in [-0.25, -0.2) is 4.39 Å². The van der Waals surface area contributed by atoms with E-state index in [9.17, 15) is 17.6 Å². The van der Waals surface area contributed by atoms with Crippen molar-refractivity contribution in [3.63, 3.8) is 0 Å². The highest BCUT2D eigenvalue weighted by Crippen LogP contribution is 2.42. The maximum atomic E-state index is 14.5. The number of benzene rings is 2. The van der Waals surface area contributed by atoms with Crippen LogP contribution in [0.5, 0.6) is 0 Å². The standard InChI is InChI=1S/C19H13Cl3F4/c1-3-11-4-5-12(6-10(11)2)17(23)9-14(19(24,25)26)13-7-15(20)18(22)16(21)8-13/h3-9,14H,1H2,2H3/b17-9-. The fraction of sp³-hybridized carbons (Fsp3) is 0.158. The summed E-state index contributed by atoms with van der Waals surface area (Å²) in [5, 5.41) is -0.329. The molecular weight excluding hydrogens is 411 g/mol. The quantitative estimate of drug-likeness (QED) is 0.343. The van der Waals surface area contributed by atoms with Crippen LogP contribution in [0.2, 0.25) is 15.1 Å². The highest BCUT2D eigenvalue weighted by atomic mass is 35.5. The molecule has 0 aliphatic heterocycles. The van der Waals surface area contributed by atoms with E-state index in [0.717, 1.165) is 17.7 Å². The third-order valence-corrected chi connectivity index (χ3v) is 4.99. The first kappa shape index (κ1) is 20.8. The first-order valence-corrected chi connectivity index (χ1v) is 8.50. The number of halogens is 7. The van der Waals surface area contributed by atoms with Crippen LogP contribution in [0, 0.1) is 6.92 Å². The van der Waals surface area contributed by atoms with Gasteiger partial charge < -0.3 is 0 Å². The summed E-state index contributed by atoms with van der Waals surface area (Å²) in [6.45, 7) is 5.33. The molecule has 0 bridgehead atoms. The van der Waals surface area contributed by atoms with Gasteiger partial charge in [-0.1, -0.05) is 59.6 Å². The molecule has 1 atom stereocenters. The molecule has 0 heterocycles. The molecule has 0 radical (unpaired) electrons. The average molecular weight is 424 g/mol. The highest BCUT2D eigenvalue weighted by molar-refractivity contribution is 6.48. The van der Waals surface area contributed by atoms with Crippen LogP contribution in [0.4, 0.5) is 17.6 Å². The number of rotatable bonds is 4.